The minimum Gasteiger partial charge on any atom is -0.395 e. The van der Waals surface area contributed by atoms with Gasteiger partial charge in [-0.1, -0.05) is 6.07 Å². The summed E-state index contributed by atoms with van der Waals surface area (Å²) in [6, 6.07) is 4.26. The molecule has 0 saturated carbocycles. The number of benzene rings is 1. The average molecular weight is 448 g/mol. The number of alkyl halides is 2. The largest absolute Gasteiger partial charge is 0.586 e. The molecule has 3 rings (SSSR count). The van der Waals surface area contributed by atoms with Gasteiger partial charge in [-0.05, 0) is 37.4 Å². The minimum atomic E-state index is -4.95. The SMILES string of the molecule is CC(C)(O)C(=O)N(c1sccc1C(N)=O)S(=O)(=O)c1cccc2c1OC(F)(F)O2. The van der Waals surface area contributed by atoms with Gasteiger partial charge in [0.05, 0.1) is 5.56 Å². The van der Waals surface area contributed by atoms with Gasteiger partial charge in [-0.25, -0.2) is 8.42 Å². The van der Waals surface area contributed by atoms with E-state index >= 15 is 0 Å². The van der Waals surface area contributed by atoms with Crippen molar-refractivity contribution in [2.45, 2.75) is 30.6 Å². The van der Waals surface area contributed by atoms with Crippen molar-refractivity contribution in [2.24, 2.45) is 5.73 Å². The highest BCUT2D eigenvalue weighted by Crippen LogP contribution is 2.46. The van der Waals surface area contributed by atoms with Gasteiger partial charge in [-0.3, -0.25) is 9.59 Å². The fraction of sp³-hybridized carbons (Fsp3) is 0.250. The topological polar surface area (TPSA) is 136 Å². The van der Waals surface area contributed by atoms with Crippen LogP contribution in [-0.4, -0.2) is 37.2 Å². The predicted octanol–water partition coefficient (Wildman–Crippen LogP) is 1.66. The van der Waals surface area contributed by atoms with Crippen LogP contribution in [0.5, 0.6) is 11.5 Å². The van der Waals surface area contributed by atoms with E-state index in [4.69, 9.17) is 5.73 Å². The van der Waals surface area contributed by atoms with E-state index in [1.54, 1.807) is 0 Å². The van der Waals surface area contributed by atoms with E-state index in [9.17, 15) is 31.9 Å². The smallest absolute Gasteiger partial charge is 0.395 e. The Kier molecular flexibility index (Phi) is 4.80. The van der Waals surface area contributed by atoms with Gasteiger partial charge in [0, 0.05) is 0 Å². The summed E-state index contributed by atoms with van der Waals surface area (Å²) in [7, 11) is -4.95. The molecule has 2 heterocycles. The van der Waals surface area contributed by atoms with Gasteiger partial charge in [0.1, 0.15) is 15.5 Å². The first-order chi connectivity index (χ1) is 13.3. The molecule has 3 N–H and O–H groups in total. The highest BCUT2D eigenvalue weighted by atomic mass is 32.2. The Hall–Kier alpha value is -2.77. The number of carbonyl (C=O) groups is 2. The maximum absolute atomic E-state index is 13.5. The fourth-order valence-corrected chi connectivity index (χ4v) is 5.26. The summed E-state index contributed by atoms with van der Waals surface area (Å²) in [6.45, 7) is 2.05. The van der Waals surface area contributed by atoms with Gasteiger partial charge in [0.2, 0.25) is 0 Å². The normalized spacial score (nSPS) is 15.2. The van der Waals surface area contributed by atoms with Crippen LogP contribution >= 0.6 is 11.3 Å². The Morgan fingerprint density at radius 1 is 1.24 bits per heavy atom. The lowest BCUT2D eigenvalue weighted by molar-refractivity contribution is -0.287. The Labute approximate surface area is 167 Å². The molecule has 0 bridgehead atoms. The highest BCUT2D eigenvalue weighted by molar-refractivity contribution is 7.94. The van der Waals surface area contributed by atoms with Crippen LogP contribution in [0.3, 0.4) is 0 Å². The molecule has 0 fully saturated rings. The molecule has 13 heteroatoms. The molecule has 0 spiro atoms. The Morgan fingerprint density at radius 2 is 1.90 bits per heavy atom. The van der Waals surface area contributed by atoms with Crippen molar-refractivity contribution in [3.8, 4) is 11.5 Å². The number of hydrogen-bond acceptors (Lipinski definition) is 8. The van der Waals surface area contributed by atoms with Crippen molar-refractivity contribution >= 4 is 38.2 Å². The van der Waals surface area contributed by atoms with E-state index in [2.05, 4.69) is 9.47 Å². The number of para-hydroxylation sites is 1. The molecule has 0 radical (unpaired) electrons. The van der Waals surface area contributed by atoms with Crippen LogP contribution in [0.2, 0.25) is 0 Å². The number of hydrogen-bond donors (Lipinski definition) is 2. The van der Waals surface area contributed by atoms with E-state index in [-0.39, 0.29) is 9.87 Å². The molecule has 0 atom stereocenters. The molecule has 1 aliphatic heterocycles. The third-order valence-electron chi connectivity index (χ3n) is 3.71. The summed E-state index contributed by atoms with van der Waals surface area (Å²) in [5, 5.41) is 11.0. The number of ether oxygens (including phenoxy) is 2. The number of fused-ring (bicyclic) bond motifs is 1. The van der Waals surface area contributed by atoms with Crippen LogP contribution in [0.4, 0.5) is 13.8 Å². The standard InChI is InChI=1S/C16H14F2N2O7S2/c1-15(2,23)14(22)20(13-8(12(19)21)6-7-28-13)29(24,25)10-5-3-4-9-11(10)27-16(17,18)26-9/h3-7,23H,1-2H3,(H2,19,21). The summed E-state index contributed by atoms with van der Waals surface area (Å²) >= 11 is 0.679. The lowest BCUT2D eigenvalue weighted by atomic mass is 10.1. The molecule has 1 aliphatic rings. The summed E-state index contributed by atoms with van der Waals surface area (Å²) in [5.74, 6) is -3.75. The predicted molar refractivity (Wildman–Crippen MR) is 96.5 cm³/mol. The van der Waals surface area contributed by atoms with Crippen molar-refractivity contribution in [3.05, 3.63) is 35.2 Å². The third-order valence-corrected chi connectivity index (χ3v) is 6.43. The number of nitrogens with two attached hydrogens (primary N) is 1. The second-order valence-corrected chi connectivity index (χ2v) is 9.04. The number of rotatable bonds is 5. The van der Waals surface area contributed by atoms with Crippen molar-refractivity contribution < 1.29 is 41.4 Å². The molecule has 1 aromatic heterocycles. The number of halogens is 2. The number of thiophene rings is 1. The van der Waals surface area contributed by atoms with Gasteiger partial charge in [-0.2, -0.15) is 4.31 Å². The molecule has 0 aliphatic carbocycles. The molecule has 0 saturated heterocycles. The first kappa shape index (κ1) is 21.0. The lowest BCUT2D eigenvalue weighted by Gasteiger charge is -2.27. The number of aliphatic hydroxyl groups is 1. The second kappa shape index (κ2) is 6.64. The molecule has 2 aromatic rings. The van der Waals surface area contributed by atoms with E-state index in [0.717, 1.165) is 32.0 Å². The number of sulfonamides is 1. The zero-order chi connectivity index (χ0) is 21.8. The van der Waals surface area contributed by atoms with Gasteiger partial charge in [-0.15, -0.1) is 20.1 Å². The zero-order valence-electron chi connectivity index (χ0n) is 14.9. The molecule has 9 nitrogen and oxygen atoms in total. The van der Waals surface area contributed by atoms with E-state index < -0.39 is 55.1 Å². The number of carbonyl (C=O) groups excluding carboxylic acids is 2. The maximum Gasteiger partial charge on any atom is 0.586 e. The molecule has 29 heavy (non-hydrogen) atoms. The molecule has 2 amide bonds. The molecular formula is C16H14F2N2O7S2. The summed E-state index contributed by atoms with van der Waals surface area (Å²) in [6.07, 6.45) is -4.11. The van der Waals surface area contributed by atoms with Gasteiger partial charge >= 0.3 is 6.29 Å². The molecule has 156 valence electrons. The van der Waals surface area contributed by atoms with Crippen molar-refractivity contribution in [1.29, 1.82) is 0 Å². The summed E-state index contributed by atoms with van der Waals surface area (Å²) in [4.78, 5) is 23.7. The van der Waals surface area contributed by atoms with Crippen molar-refractivity contribution in [2.75, 3.05) is 4.31 Å². The molecule has 0 unspecified atom stereocenters. The van der Waals surface area contributed by atoms with Crippen LogP contribution in [-0.2, 0) is 14.8 Å². The van der Waals surface area contributed by atoms with Crippen molar-refractivity contribution in [1.82, 2.24) is 0 Å². The van der Waals surface area contributed by atoms with Crippen molar-refractivity contribution in [3.63, 3.8) is 0 Å². The average Bonchev–Trinajstić information content (AvgIpc) is 3.15. The van der Waals surface area contributed by atoms with E-state index in [0.29, 0.717) is 11.3 Å². The monoisotopic (exact) mass is 448 g/mol. The Bertz CT molecular complexity index is 1110. The number of anilines is 1. The number of amides is 2. The first-order valence-corrected chi connectivity index (χ1v) is 10.2. The zero-order valence-corrected chi connectivity index (χ0v) is 16.5. The second-order valence-electron chi connectivity index (χ2n) is 6.39. The first-order valence-electron chi connectivity index (χ1n) is 7.84. The Morgan fingerprint density at radius 3 is 2.48 bits per heavy atom. The van der Waals surface area contributed by atoms with Crippen LogP contribution in [0.15, 0.2) is 34.5 Å². The van der Waals surface area contributed by atoms with E-state index in [1.807, 2.05) is 0 Å². The minimum absolute atomic E-state index is 0.146. The summed E-state index contributed by atoms with van der Waals surface area (Å²) < 4.78 is 62.3. The van der Waals surface area contributed by atoms with Crippen LogP contribution < -0.4 is 19.5 Å². The molecular weight excluding hydrogens is 434 g/mol. The lowest BCUT2D eigenvalue weighted by Crippen LogP contribution is -2.48. The van der Waals surface area contributed by atoms with E-state index in [1.165, 1.54) is 11.4 Å². The number of primary amides is 1. The van der Waals surface area contributed by atoms with Crippen LogP contribution in [0.1, 0.15) is 24.2 Å². The van der Waals surface area contributed by atoms with Gasteiger partial charge < -0.3 is 20.3 Å². The Balaban J connectivity index is 2.25. The van der Waals surface area contributed by atoms with Crippen LogP contribution in [0, 0.1) is 0 Å². The third kappa shape index (κ3) is 3.63. The van der Waals surface area contributed by atoms with Gasteiger partial charge in [0.15, 0.2) is 11.5 Å². The van der Waals surface area contributed by atoms with Crippen LogP contribution in [0.25, 0.3) is 0 Å². The number of nitrogens with zero attached hydrogens (tertiary/aromatic N) is 1. The quantitative estimate of drug-likeness (QED) is 0.710. The summed E-state index contributed by atoms with van der Waals surface area (Å²) in [5.41, 5.74) is 2.73. The maximum atomic E-state index is 13.5. The highest BCUT2D eigenvalue weighted by Gasteiger charge is 2.49. The fourth-order valence-electron chi connectivity index (χ4n) is 2.45. The van der Waals surface area contributed by atoms with Gasteiger partial charge in [0.25, 0.3) is 21.8 Å². The molecule has 1 aromatic carbocycles.